The number of nitrogens with zero attached hydrogens (tertiary/aromatic N) is 3. The molecular formula is C19H31N5O4Si. The zero-order valence-corrected chi connectivity index (χ0v) is 18.8. The molecule has 1 fully saturated rings. The molecule has 29 heavy (non-hydrogen) atoms. The fraction of sp³-hybridized carbons (Fsp3) is 0.632. The van der Waals surface area contributed by atoms with Crippen LogP contribution < -0.4 is 11.3 Å². The van der Waals surface area contributed by atoms with Gasteiger partial charge in [-0.3, -0.25) is 14.3 Å². The van der Waals surface area contributed by atoms with Crippen molar-refractivity contribution in [1.29, 1.82) is 0 Å². The van der Waals surface area contributed by atoms with Gasteiger partial charge in [0.05, 0.1) is 25.6 Å². The second-order valence-corrected chi connectivity index (χ2v) is 13.7. The van der Waals surface area contributed by atoms with Gasteiger partial charge in [0.1, 0.15) is 12.3 Å². The van der Waals surface area contributed by atoms with Crippen molar-refractivity contribution in [3.05, 3.63) is 29.3 Å². The van der Waals surface area contributed by atoms with Crippen LogP contribution in [0.25, 0.3) is 11.2 Å². The summed E-state index contributed by atoms with van der Waals surface area (Å²) in [5, 5.41) is 0.103. The summed E-state index contributed by atoms with van der Waals surface area (Å²) in [4.78, 5) is 22.9. The van der Waals surface area contributed by atoms with Crippen molar-refractivity contribution >= 4 is 25.4 Å². The third-order valence-electron chi connectivity index (χ3n) is 5.78. The normalized spacial score (nSPS) is 23.0. The van der Waals surface area contributed by atoms with Gasteiger partial charge in [-0.25, -0.2) is 4.98 Å². The number of nitrogens with two attached hydrogens (primary N) is 1. The molecular weight excluding hydrogens is 390 g/mol. The lowest BCUT2D eigenvalue weighted by molar-refractivity contribution is -0.0536. The highest BCUT2D eigenvalue weighted by atomic mass is 28.4. The number of aromatic amines is 1. The quantitative estimate of drug-likeness (QED) is 0.521. The molecule has 2 aromatic rings. The van der Waals surface area contributed by atoms with E-state index in [1.807, 2.05) is 0 Å². The van der Waals surface area contributed by atoms with Crippen molar-refractivity contribution in [2.24, 2.45) is 0 Å². The molecule has 0 saturated carbocycles. The van der Waals surface area contributed by atoms with Gasteiger partial charge >= 0.3 is 0 Å². The summed E-state index contributed by atoms with van der Waals surface area (Å²) in [6.45, 7) is 15.6. The molecule has 0 radical (unpaired) electrons. The van der Waals surface area contributed by atoms with Gasteiger partial charge in [0.25, 0.3) is 5.56 Å². The van der Waals surface area contributed by atoms with Crippen molar-refractivity contribution in [2.45, 2.75) is 63.8 Å². The Labute approximate surface area is 171 Å². The van der Waals surface area contributed by atoms with Gasteiger partial charge < -0.3 is 19.6 Å². The number of hydrogen-bond acceptors (Lipinski definition) is 7. The lowest BCUT2D eigenvalue weighted by Crippen LogP contribution is -2.44. The maximum absolute atomic E-state index is 12.1. The average Bonchev–Trinajstić information content (AvgIpc) is 3.21. The SMILES string of the molecule is C=CCOC1C[C@H](n2cnc3c(=O)[nH]c(N)nc32)O[C@@H]1CO[Si](C)(C)C(C)(C)C. The van der Waals surface area contributed by atoms with Crippen molar-refractivity contribution in [2.75, 3.05) is 18.9 Å². The Morgan fingerprint density at radius 1 is 1.48 bits per heavy atom. The number of anilines is 1. The van der Waals surface area contributed by atoms with Crippen LogP contribution in [0.15, 0.2) is 23.8 Å². The highest BCUT2D eigenvalue weighted by molar-refractivity contribution is 6.74. The molecule has 0 spiro atoms. The van der Waals surface area contributed by atoms with E-state index in [0.717, 1.165) is 0 Å². The van der Waals surface area contributed by atoms with E-state index in [1.54, 1.807) is 17.0 Å². The van der Waals surface area contributed by atoms with Crippen molar-refractivity contribution in [1.82, 2.24) is 19.5 Å². The van der Waals surface area contributed by atoms with Crippen molar-refractivity contribution < 1.29 is 13.9 Å². The molecule has 0 aromatic carbocycles. The summed E-state index contributed by atoms with van der Waals surface area (Å²) in [7, 11) is -1.93. The number of nitrogen functional groups attached to an aromatic ring is 1. The zero-order chi connectivity index (χ0) is 21.4. The van der Waals surface area contributed by atoms with Gasteiger partial charge in [0.2, 0.25) is 5.95 Å². The van der Waals surface area contributed by atoms with E-state index in [1.165, 1.54) is 0 Å². The molecule has 3 rings (SSSR count). The largest absolute Gasteiger partial charge is 0.414 e. The molecule has 0 amide bonds. The minimum atomic E-state index is -1.93. The molecule has 1 aliphatic heterocycles. The molecule has 0 bridgehead atoms. The predicted molar refractivity (Wildman–Crippen MR) is 114 cm³/mol. The van der Waals surface area contributed by atoms with E-state index in [9.17, 15) is 4.79 Å². The van der Waals surface area contributed by atoms with E-state index >= 15 is 0 Å². The third kappa shape index (κ3) is 4.45. The molecule has 3 atom stereocenters. The number of nitrogens with one attached hydrogen (secondary N) is 1. The molecule has 1 unspecified atom stereocenters. The molecule has 3 heterocycles. The second kappa shape index (κ2) is 8.02. The zero-order valence-electron chi connectivity index (χ0n) is 17.8. The highest BCUT2D eigenvalue weighted by Crippen LogP contribution is 2.38. The monoisotopic (exact) mass is 421 g/mol. The number of H-pyrrole nitrogens is 1. The Morgan fingerprint density at radius 2 is 2.21 bits per heavy atom. The number of ether oxygens (including phenoxy) is 2. The first-order chi connectivity index (χ1) is 13.5. The summed E-state index contributed by atoms with van der Waals surface area (Å²) >= 11 is 0. The van der Waals surface area contributed by atoms with Crippen LogP contribution in [0.3, 0.4) is 0 Å². The fourth-order valence-electron chi connectivity index (χ4n) is 3.05. The maximum Gasteiger partial charge on any atom is 0.280 e. The Bertz CT molecular complexity index is 933. The first-order valence-electron chi connectivity index (χ1n) is 9.77. The van der Waals surface area contributed by atoms with E-state index < -0.39 is 8.32 Å². The Kier molecular flexibility index (Phi) is 6.00. The van der Waals surface area contributed by atoms with Crippen LogP contribution in [0.2, 0.25) is 18.1 Å². The Morgan fingerprint density at radius 3 is 2.86 bits per heavy atom. The predicted octanol–water partition coefficient (Wildman–Crippen LogP) is 2.58. The summed E-state index contributed by atoms with van der Waals surface area (Å²) in [5.41, 5.74) is 5.96. The molecule has 1 aliphatic rings. The third-order valence-corrected chi connectivity index (χ3v) is 10.3. The van der Waals surface area contributed by atoms with Crippen LogP contribution in [0, 0.1) is 0 Å². The van der Waals surface area contributed by atoms with Crippen LogP contribution in [-0.2, 0) is 13.9 Å². The van der Waals surface area contributed by atoms with Gasteiger partial charge in [-0.15, -0.1) is 6.58 Å². The summed E-state index contributed by atoms with van der Waals surface area (Å²) in [5.74, 6) is 0.0412. The van der Waals surface area contributed by atoms with E-state index in [4.69, 9.17) is 19.6 Å². The molecule has 9 nitrogen and oxygen atoms in total. The molecule has 3 N–H and O–H groups in total. The number of fused-ring (bicyclic) bond motifs is 1. The van der Waals surface area contributed by atoms with Crippen LogP contribution in [-0.4, -0.2) is 53.3 Å². The lowest BCUT2D eigenvalue weighted by Gasteiger charge is -2.37. The van der Waals surface area contributed by atoms with Gasteiger partial charge in [-0.1, -0.05) is 26.8 Å². The summed E-state index contributed by atoms with van der Waals surface area (Å²) < 4.78 is 20.3. The molecule has 1 saturated heterocycles. The first-order valence-corrected chi connectivity index (χ1v) is 12.7. The first kappa shape index (κ1) is 21.7. The number of imidazole rings is 1. The molecule has 2 aromatic heterocycles. The van der Waals surface area contributed by atoms with Gasteiger partial charge in [-0.2, -0.15) is 4.98 Å². The number of rotatable bonds is 7. The molecule has 10 heteroatoms. The van der Waals surface area contributed by atoms with Gasteiger partial charge in [0.15, 0.2) is 19.5 Å². The highest BCUT2D eigenvalue weighted by Gasteiger charge is 2.42. The smallest absolute Gasteiger partial charge is 0.280 e. The van der Waals surface area contributed by atoms with Crippen LogP contribution in [0.5, 0.6) is 0 Å². The van der Waals surface area contributed by atoms with Crippen molar-refractivity contribution in [3.63, 3.8) is 0 Å². The van der Waals surface area contributed by atoms with Crippen molar-refractivity contribution in [3.8, 4) is 0 Å². The summed E-state index contributed by atoms with van der Waals surface area (Å²) in [6, 6.07) is 0. The van der Waals surface area contributed by atoms with Crippen LogP contribution >= 0.6 is 0 Å². The standard InChI is InChI=1S/C19H31N5O4Si/c1-7-8-26-12-9-14(28-13(12)10-27-29(5,6)19(2,3)4)24-11-21-15-16(24)22-18(20)23-17(15)25/h7,11-14H,1,8-10H2,2-6H3,(H3,20,22,23,25)/t12?,13-,14-/m1/s1. The van der Waals surface area contributed by atoms with E-state index in [2.05, 4.69) is 55.4 Å². The number of hydrogen-bond donors (Lipinski definition) is 2. The number of aromatic nitrogens is 4. The Hall–Kier alpha value is -2.01. The molecule has 0 aliphatic carbocycles. The summed E-state index contributed by atoms with van der Waals surface area (Å²) in [6.07, 6.45) is 3.06. The van der Waals surface area contributed by atoms with Gasteiger partial charge in [-0.05, 0) is 18.1 Å². The Balaban J connectivity index is 1.82. The maximum atomic E-state index is 12.1. The fourth-order valence-corrected chi connectivity index (χ4v) is 4.06. The topological polar surface area (TPSA) is 117 Å². The average molecular weight is 422 g/mol. The second-order valence-electron chi connectivity index (χ2n) is 8.87. The van der Waals surface area contributed by atoms with E-state index in [0.29, 0.717) is 25.3 Å². The minimum Gasteiger partial charge on any atom is -0.414 e. The molecule has 160 valence electrons. The van der Waals surface area contributed by atoms with Gasteiger partial charge in [0, 0.05) is 6.42 Å². The minimum absolute atomic E-state index is 0.0412. The van der Waals surface area contributed by atoms with Crippen LogP contribution in [0.1, 0.15) is 33.4 Å². The lowest BCUT2D eigenvalue weighted by atomic mass is 10.2. The van der Waals surface area contributed by atoms with Crippen LogP contribution in [0.4, 0.5) is 5.95 Å². The van der Waals surface area contributed by atoms with E-state index in [-0.39, 0.29) is 40.5 Å².